The van der Waals surface area contributed by atoms with Gasteiger partial charge in [0.1, 0.15) is 0 Å². The second kappa shape index (κ2) is 8.48. The van der Waals surface area contributed by atoms with Crippen molar-refractivity contribution >= 4 is 0 Å². The molecule has 3 saturated carbocycles. The summed E-state index contributed by atoms with van der Waals surface area (Å²) in [5, 5.41) is 10.1. The molecule has 4 unspecified atom stereocenters. The second-order valence-corrected chi connectivity index (χ2v) is 10.4. The normalized spacial score (nSPS) is 41.0. The van der Waals surface area contributed by atoms with Crippen molar-refractivity contribution in [2.24, 2.45) is 23.2 Å². The molecule has 4 fully saturated rings. The van der Waals surface area contributed by atoms with E-state index < -0.39 is 0 Å². The highest BCUT2D eigenvalue weighted by atomic mass is 16.3. The first-order chi connectivity index (χ1) is 13.5. The molecule has 28 heavy (non-hydrogen) atoms. The monoisotopic (exact) mass is 383 g/mol. The van der Waals surface area contributed by atoms with Gasteiger partial charge in [-0.2, -0.15) is 0 Å². The standard InChI is InChI=1S/C26H41NO/c1-19(18-27-16-4-5-17-27)23-13-14-24-22(9-7-15-26(23,24)3)12-11-21-8-6-10-25(28)20(21)2/h11-12,19,23-25,28H,2,4-10,13-18H2,1,3H3/b21-11-,22-12+/t19-,23?,24?,25?,26?/m0/s1. The number of likely N-dealkylation sites (tertiary alicyclic amines) is 1. The van der Waals surface area contributed by atoms with E-state index in [1.54, 1.807) is 5.57 Å². The summed E-state index contributed by atoms with van der Waals surface area (Å²) in [6, 6.07) is 0. The molecule has 156 valence electrons. The molecule has 1 N–H and O–H groups in total. The summed E-state index contributed by atoms with van der Waals surface area (Å²) in [6.45, 7) is 13.3. The van der Waals surface area contributed by atoms with Crippen molar-refractivity contribution < 1.29 is 5.11 Å². The maximum absolute atomic E-state index is 10.1. The van der Waals surface area contributed by atoms with E-state index in [2.05, 4.69) is 37.5 Å². The summed E-state index contributed by atoms with van der Waals surface area (Å²) in [6.07, 6.45) is 17.1. The molecule has 1 saturated heterocycles. The Labute approximate surface area is 172 Å². The third kappa shape index (κ3) is 3.92. The SMILES string of the molecule is C=C1/C(=C\C=C2/CCCC3(C)C2CCC3[C@@H](C)CN2CCCC2)CCCC1O. The van der Waals surface area contributed by atoms with Crippen LogP contribution in [0.1, 0.15) is 78.1 Å². The van der Waals surface area contributed by atoms with Crippen LogP contribution in [0.25, 0.3) is 0 Å². The molecule has 0 amide bonds. The van der Waals surface area contributed by atoms with Gasteiger partial charge in [-0.05, 0) is 112 Å². The summed E-state index contributed by atoms with van der Waals surface area (Å²) in [5.74, 6) is 2.46. The lowest BCUT2D eigenvalue weighted by atomic mass is 9.61. The van der Waals surface area contributed by atoms with Gasteiger partial charge in [0.05, 0.1) is 6.10 Å². The Morgan fingerprint density at radius 1 is 1.11 bits per heavy atom. The van der Waals surface area contributed by atoms with E-state index in [0.717, 1.165) is 42.6 Å². The van der Waals surface area contributed by atoms with Gasteiger partial charge in [0.15, 0.2) is 0 Å². The fourth-order valence-electron chi connectivity index (χ4n) is 7.15. The van der Waals surface area contributed by atoms with E-state index in [4.69, 9.17) is 0 Å². The van der Waals surface area contributed by atoms with E-state index in [0.29, 0.717) is 5.41 Å². The predicted molar refractivity (Wildman–Crippen MR) is 118 cm³/mol. The number of fused-ring (bicyclic) bond motifs is 1. The molecule has 0 spiro atoms. The molecule has 3 aliphatic carbocycles. The van der Waals surface area contributed by atoms with Crippen molar-refractivity contribution in [3.63, 3.8) is 0 Å². The van der Waals surface area contributed by atoms with E-state index in [1.165, 1.54) is 70.2 Å². The summed E-state index contributed by atoms with van der Waals surface area (Å²) < 4.78 is 0. The van der Waals surface area contributed by atoms with Crippen LogP contribution >= 0.6 is 0 Å². The number of hydrogen-bond donors (Lipinski definition) is 1. The lowest BCUT2D eigenvalue weighted by Crippen LogP contribution is -2.39. The molecule has 2 nitrogen and oxygen atoms in total. The summed E-state index contributed by atoms with van der Waals surface area (Å²) in [5.41, 5.74) is 4.43. The minimum atomic E-state index is -0.322. The lowest BCUT2D eigenvalue weighted by Gasteiger charge is -2.45. The fraction of sp³-hybridized carbons (Fsp3) is 0.769. The molecule has 0 aromatic rings. The smallest absolute Gasteiger partial charge is 0.0787 e. The van der Waals surface area contributed by atoms with E-state index >= 15 is 0 Å². The third-order valence-electron chi connectivity index (χ3n) is 8.71. The quantitative estimate of drug-likeness (QED) is 0.654. The van der Waals surface area contributed by atoms with Gasteiger partial charge in [-0.15, -0.1) is 0 Å². The Morgan fingerprint density at radius 3 is 2.68 bits per heavy atom. The number of nitrogens with zero attached hydrogens (tertiary/aromatic N) is 1. The highest BCUT2D eigenvalue weighted by Gasteiger charge is 2.50. The van der Waals surface area contributed by atoms with Gasteiger partial charge in [0.25, 0.3) is 0 Å². The minimum absolute atomic E-state index is 0.322. The second-order valence-electron chi connectivity index (χ2n) is 10.4. The van der Waals surface area contributed by atoms with Gasteiger partial charge in [-0.25, -0.2) is 0 Å². The van der Waals surface area contributed by atoms with Gasteiger partial charge in [-0.1, -0.05) is 38.2 Å². The van der Waals surface area contributed by atoms with Crippen LogP contribution in [0.4, 0.5) is 0 Å². The highest BCUT2D eigenvalue weighted by molar-refractivity contribution is 5.37. The van der Waals surface area contributed by atoms with E-state index in [-0.39, 0.29) is 6.10 Å². The molecule has 0 aromatic heterocycles. The lowest BCUT2D eigenvalue weighted by molar-refractivity contribution is 0.0823. The van der Waals surface area contributed by atoms with Crippen LogP contribution in [0.2, 0.25) is 0 Å². The molecule has 2 heteroatoms. The first-order valence-electron chi connectivity index (χ1n) is 12.0. The maximum atomic E-state index is 10.1. The van der Waals surface area contributed by atoms with Crippen LogP contribution in [0.5, 0.6) is 0 Å². The zero-order chi connectivity index (χ0) is 19.7. The van der Waals surface area contributed by atoms with Crippen molar-refractivity contribution in [3.8, 4) is 0 Å². The maximum Gasteiger partial charge on any atom is 0.0787 e. The van der Waals surface area contributed by atoms with Gasteiger partial charge in [0.2, 0.25) is 0 Å². The van der Waals surface area contributed by atoms with Crippen molar-refractivity contribution in [2.75, 3.05) is 19.6 Å². The molecule has 0 aromatic carbocycles. The predicted octanol–water partition coefficient (Wildman–Crippen LogP) is 5.89. The number of rotatable bonds is 4. The van der Waals surface area contributed by atoms with Crippen molar-refractivity contribution in [1.29, 1.82) is 0 Å². The van der Waals surface area contributed by atoms with Gasteiger partial charge < -0.3 is 10.0 Å². The van der Waals surface area contributed by atoms with Crippen LogP contribution in [-0.2, 0) is 0 Å². The molecule has 1 heterocycles. The first kappa shape index (κ1) is 20.4. The van der Waals surface area contributed by atoms with Gasteiger partial charge in [0, 0.05) is 6.54 Å². The number of aliphatic hydroxyl groups is 1. The Bertz CT molecular complexity index is 641. The number of hydrogen-bond acceptors (Lipinski definition) is 2. The minimum Gasteiger partial charge on any atom is -0.388 e. The van der Waals surface area contributed by atoms with Crippen LogP contribution in [-0.4, -0.2) is 35.7 Å². The van der Waals surface area contributed by atoms with Crippen LogP contribution in [0.3, 0.4) is 0 Å². The fourth-order valence-corrected chi connectivity index (χ4v) is 7.15. The zero-order valence-corrected chi connectivity index (χ0v) is 18.3. The third-order valence-corrected chi connectivity index (χ3v) is 8.71. The van der Waals surface area contributed by atoms with Crippen LogP contribution in [0, 0.1) is 23.2 Å². The molecule has 0 radical (unpaired) electrons. The van der Waals surface area contributed by atoms with Crippen molar-refractivity contribution in [1.82, 2.24) is 4.90 Å². The topological polar surface area (TPSA) is 23.5 Å². The van der Waals surface area contributed by atoms with Crippen LogP contribution in [0.15, 0.2) is 35.5 Å². The van der Waals surface area contributed by atoms with Gasteiger partial charge in [-0.3, -0.25) is 0 Å². The Balaban J connectivity index is 1.48. The molecule has 0 bridgehead atoms. The highest BCUT2D eigenvalue weighted by Crippen LogP contribution is 2.59. The summed E-state index contributed by atoms with van der Waals surface area (Å²) in [7, 11) is 0. The van der Waals surface area contributed by atoms with E-state index in [9.17, 15) is 5.11 Å². The molecule has 1 aliphatic heterocycles. The average Bonchev–Trinajstić information content (AvgIpc) is 3.30. The summed E-state index contributed by atoms with van der Waals surface area (Å²) >= 11 is 0. The molecule has 5 atom stereocenters. The average molecular weight is 384 g/mol. The van der Waals surface area contributed by atoms with E-state index in [1.807, 2.05) is 0 Å². The Kier molecular flexibility index (Phi) is 6.18. The molecular weight excluding hydrogens is 342 g/mol. The van der Waals surface area contributed by atoms with Crippen molar-refractivity contribution in [2.45, 2.75) is 84.2 Å². The molecule has 4 aliphatic rings. The number of aliphatic hydroxyl groups excluding tert-OH is 1. The molecular formula is C26H41NO. The van der Waals surface area contributed by atoms with Crippen molar-refractivity contribution in [3.05, 3.63) is 35.5 Å². The van der Waals surface area contributed by atoms with Gasteiger partial charge >= 0.3 is 0 Å². The summed E-state index contributed by atoms with van der Waals surface area (Å²) in [4.78, 5) is 2.71. The molecule has 4 rings (SSSR count). The Morgan fingerprint density at radius 2 is 1.89 bits per heavy atom. The number of allylic oxidation sites excluding steroid dienone is 3. The first-order valence-corrected chi connectivity index (χ1v) is 12.0. The zero-order valence-electron chi connectivity index (χ0n) is 18.3. The van der Waals surface area contributed by atoms with Crippen LogP contribution < -0.4 is 0 Å². The largest absolute Gasteiger partial charge is 0.388 e. The Hall–Kier alpha value is -0.860.